The minimum Gasteiger partial charge on any atom is -0.487 e. The summed E-state index contributed by atoms with van der Waals surface area (Å²) >= 11 is 13.2. The van der Waals surface area contributed by atoms with Gasteiger partial charge in [-0.25, -0.2) is 4.98 Å². The molecule has 4 amide bonds. The number of amides is 4. The van der Waals surface area contributed by atoms with Crippen LogP contribution in [0.1, 0.15) is 27.2 Å². The van der Waals surface area contributed by atoms with Gasteiger partial charge in [0, 0.05) is 47.4 Å². The number of rotatable bonds is 11. The van der Waals surface area contributed by atoms with Crippen LogP contribution in [0.4, 0.5) is 5.69 Å². The van der Waals surface area contributed by atoms with Gasteiger partial charge < -0.3 is 25.6 Å². The van der Waals surface area contributed by atoms with Crippen LogP contribution in [0.3, 0.4) is 0 Å². The lowest BCUT2D eigenvalue weighted by atomic mass is 10.1. The number of para-hydroxylation sites is 1. The van der Waals surface area contributed by atoms with E-state index in [0.717, 1.165) is 16.6 Å². The van der Waals surface area contributed by atoms with Crippen LogP contribution < -0.4 is 25.6 Å². The zero-order valence-electron chi connectivity index (χ0n) is 24.8. The Balaban J connectivity index is 1.34. The van der Waals surface area contributed by atoms with E-state index in [1.54, 1.807) is 49.5 Å². The third-order valence-electron chi connectivity index (χ3n) is 6.80. The quantitative estimate of drug-likeness (QED) is 0.202. The number of aromatic nitrogens is 1. The van der Waals surface area contributed by atoms with Crippen molar-refractivity contribution in [1.82, 2.24) is 20.9 Å². The second-order valence-corrected chi connectivity index (χ2v) is 10.7. The van der Waals surface area contributed by atoms with Crippen molar-refractivity contribution >= 4 is 69.5 Å². The number of nitrogens with zero attached hydrogens (tertiary/aromatic N) is 2. The lowest BCUT2D eigenvalue weighted by Crippen LogP contribution is -2.37. The Bertz CT molecular complexity index is 1780. The van der Waals surface area contributed by atoms with Gasteiger partial charge in [0.05, 0.1) is 23.8 Å². The largest absolute Gasteiger partial charge is 0.487 e. The predicted octanol–water partition coefficient (Wildman–Crippen LogP) is 4.70. The Morgan fingerprint density at radius 3 is 2.42 bits per heavy atom. The summed E-state index contributed by atoms with van der Waals surface area (Å²) in [4.78, 5) is 54.7. The van der Waals surface area contributed by atoms with Crippen LogP contribution in [-0.2, 0) is 21.0 Å². The van der Waals surface area contributed by atoms with Crippen LogP contribution in [0, 0.1) is 6.92 Å². The van der Waals surface area contributed by atoms with Gasteiger partial charge in [-0.1, -0.05) is 53.5 Å². The van der Waals surface area contributed by atoms with Crippen molar-refractivity contribution in [1.29, 1.82) is 0 Å². The Kier molecular flexibility index (Phi) is 11.1. The fourth-order valence-electron chi connectivity index (χ4n) is 4.20. The second kappa shape index (κ2) is 15.2. The third-order valence-corrected chi connectivity index (χ3v) is 7.57. The Hall–Kier alpha value is -4.93. The van der Waals surface area contributed by atoms with Crippen LogP contribution in [0.2, 0.25) is 10.0 Å². The molecule has 4 aromatic rings. The highest BCUT2D eigenvalue weighted by Crippen LogP contribution is 2.35. The van der Waals surface area contributed by atoms with E-state index >= 15 is 0 Å². The van der Waals surface area contributed by atoms with Gasteiger partial charge in [-0.05, 0) is 55.0 Å². The van der Waals surface area contributed by atoms with Gasteiger partial charge in [-0.3, -0.25) is 19.2 Å². The minimum atomic E-state index is -0.487. The molecule has 0 radical (unpaired) electrons. The van der Waals surface area contributed by atoms with Gasteiger partial charge in [0.1, 0.15) is 17.9 Å². The van der Waals surface area contributed by atoms with Crippen LogP contribution >= 0.6 is 23.2 Å². The van der Waals surface area contributed by atoms with Crippen molar-refractivity contribution < 1.29 is 23.9 Å². The summed E-state index contributed by atoms with van der Waals surface area (Å²) in [6.07, 6.45) is 2.83. The molecule has 1 aromatic heterocycles. The Morgan fingerprint density at radius 2 is 1.69 bits per heavy atom. The number of ether oxygens (including phenoxy) is 1. The lowest BCUT2D eigenvalue weighted by molar-refractivity contribution is -0.122. The van der Waals surface area contributed by atoms with Crippen molar-refractivity contribution in [3.8, 4) is 5.75 Å². The van der Waals surface area contributed by atoms with E-state index in [9.17, 15) is 19.2 Å². The van der Waals surface area contributed by atoms with Crippen molar-refractivity contribution in [2.24, 2.45) is 0 Å². The summed E-state index contributed by atoms with van der Waals surface area (Å²) in [7, 11) is 3.03. The number of benzene rings is 3. The lowest BCUT2D eigenvalue weighted by Gasteiger charge is -2.21. The van der Waals surface area contributed by atoms with Crippen molar-refractivity contribution in [3.05, 3.63) is 105 Å². The molecule has 0 aliphatic carbocycles. The first-order chi connectivity index (χ1) is 21.6. The number of halogens is 2. The number of anilines is 1. The molecule has 0 fully saturated rings. The van der Waals surface area contributed by atoms with Gasteiger partial charge in [-0.2, -0.15) is 0 Å². The van der Waals surface area contributed by atoms with Gasteiger partial charge in [0.25, 0.3) is 5.91 Å². The number of aryl methyl sites for hydroxylation is 1. The number of pyridine rings is 1. The fourth-order valence-corrected chi connectivity index (χ4v) is 4.81. The highest BCUT2D eigenvalue weighted by atomic mass is 35.5. The molecule has 232 valence electrons. The molecular weight excluding hydrogens is 617 g/mol. The highest BCUT2D eigenvalue weighted by molar-refractivity contribution is 6.38. The summed E-state index contributed by atoms with van der Waals surface area (Å²) in [5.41, 5.74) is 3.51. The van der Waals surface area contributed by atoms with Crippen LogP contribution in [-0.4, -0.2) is 55.8 Å². The van der Waals surface area contributed by atoms with Crippen molar-refractivity contribution in [2.75, 3.05) is 32.1 Å². The number of carbonyl (C=O) groups is 4. The Labute approximate surface area is 270 Å². The van der Waals surface area contributed by atoms with Crippen LogP contribution in [0.5, 0.6) is 5.75 Å². The SMILES string of the molecule is CNC(=O)CNC(=O)c1ccc(/C=C/C(=O)NCC(=O)N(C)c2ccc(Cl)c(COc3cccc4ccc(C)nc34)c2Cl)cc1. The maximum absolute atomic E-state index is 12.9. The molecular formula is C33H31Cl2N5O5. The van der Waals surface area contributed by atoms with Gasteiger partial charge in [0.15, 0.2) is 0 Å². The van der Waals surface area contributed by atoms with Crippen LogP contribution in [0.25, 0.3) is 17.0 Å². The number of hydrogen-bond donors (Lipinski definition) is 3. The van der Waals surface area contributed by atoms with Crippen LogP contribution in [0.15, 0.2) is 72.8 Å². The first-order valence-electron chi connectivity index (χ1n) is 13.8. The standard InChI is InChI=1S/C33H31Cl2N5O5/c1-20-7-11-22-5-4-6-27(32(22)39-20)45-19-24-25(34)14-15-26(31(24)35)40(3)30(43)18-37-28(41)16-10-21-8-12-23(13-9-21)33(44)38-17-29(42)36-2/h4-16H,17-19H2,1-3H3,(H,36,42)(H,37,41)(H,38,44)/b16-10+. The zero-order chi connectivity index (χ0) is 32.5. The number of nitrogens with one attached hydrogen (secondary N) is 3. The molecule has 0 atom stereocenters. The smallest absolute Gasteiger partial charge is 0.251 e. The van der Waals surface area contributed by atoms with Gasteiger partial charge in [-0.15, -0.1) is 0 Å². The van der Waals surface area contributed by atoms with Gasteiger partial charge >= 0.3 is 0 Å². The maximum atomic E-state index is 12.9. The Morgan fingerprint density at radius 1 is 0.933 bits per heavy atom. The molecule has 12 heteroatoms. The molecule has 10 nitrogen and oxygen atoms in total. The monoisotopic (exact) mass is 647 g/mol. The number of hydrogen-bond acceptors (Lipinski definition) is 6. The molecule has 45 heavy (non-hydrogen) atoms. The number of fused-ring (bicyclic) bond motifs is 1. The molecule has 0 saturated carbocycles. The number of likely N-dealkylation sites (N-methyl/N-ethyl adjacent to an activating group) is 2. The normalized spacial score (nSPS) is 10.9. The van der Waals surface area contributed by atoms with Crippen molar-refractivity contribution in [2.45, 2.75) is 13.5 Å². The molecule has 0 aliphatic rings. The van der Waals surface area contributed by atoms with E-state index in [-0.39, 0.29) is 30.6 Å². The molecule has 0 saturated heterocycles. The van der Waals surface area contributed by atoms with E-state index in [1.165, 1.54) is 18.0 Å². The summed E-state index contributed by atoms with van der Waals surface area (Å²) in [6, 6.07) is 19.2. The highest BCUT2D eigenvalue weighted by Gasteiger charge is 2.19. The van der Waals surface area contributed by atoms with Gasteiger partial charge in [0.2, 0.25) is 17.7 Å². The summed E-state index contributed by atoms with van der Waals surface area (Å²) in [6.45, 7) is 1.54. The van der Waals surface area contributed by atoms with E-state index in [1.807, 2.05) is 37.3 Å². The second-order valence-electron chi connectivity index (χ2n) is 9.91. The minimum absolute atomic E-state index is 0.0471. The molecule has 0 aliphatic heterocycles. The van der Waals surface area contributed by atoms with Crippen molar-refractivity contribution in [3.63, 3.8) is 0 Å². The maximum Gasteiger partial charge on any atom is 0.251 e. The predicted molar refractivity (Wildman–Crippen MR) is 176 cm³/mol. The first kappa shape index (κ1) is 33.0. The number of carbonyl (C=O) groups excluding carboxylic acids is 4. The summed E-state index contributed by atoms with van der Waals surface area (Å²) in [5.74, 6) is -1.02. The summed E-state index contributed by atoms with van der Waals surface area (Å²) < 4.78 is 6.07. The topological polar surface area (TPSA) is 130 Å². The molecule has 0 spiro atoms. The fraction of sp³-hybridized carbons (Fsp3) is 0.182. The first-order valence-corrected chi connectivity index (χ1v) is 14.6. The molecule has 3 N–H and O–H groups in total. The average Bonchev–Trinajstić information content (AvgIpc) is 3.04. The van der Waals surface area contributed by atoms with E-state index < -0.39 is 17.7 Å². The van der Waals surface area contributed by atoms with E-state index in [2.05, 4.69) is 20.9 Å². The average molecular weight is 649 g/mol. The molecule has 0 unspecified atom stereocenters. The third kappa shape index (κ3) is 8.59. The molecule has 0 bridgehead atoms. The zero-order valence-corrected chi connectivity index (χ0v) is 26.3. The summed E-state index contributed by atoms with van der Waals surface area (Å²) in [5, 5.41) is 9.05. The molecule has 1 heterocycles. The molecule has 3 aromatic carbocycles. The van der Waals surface area contributed by atoms with E-state index in [4.69, 9.17) is 27.9 Å². The van der Waals surface area contributed by atoms with E-state index in [0.29, 0.717) is 33.1 Å². The molecule has 4 rings (SSSR count).